The summed E-state index contributed by atoms with van der Waals surface area (Å²) in [4.78, 5) is 4.57. The smallest absolute Gasteiger partial charge is 0.247 e. The van der Waals surface area contributed by atoms with E-state index in [1.807, 2.05) is 24.3 Å². The summed E-state index contributed by atoms with van der Waals surface area (Å²) < 4.78 is 5.77. The van der Waals surface area contributed by atoms with Crippen LogP contribution in [-0.4, -0.2) is 64.4 Å². The van der Waals surface area contributed by atoms with E-state index in [1.54, 1.807) is 0 Å². The molecule has 0 bridgehead atoms. The molecule has 2 heterocycles. The minimum Gasteiger partial charge on any atom is -0.419 e. The molecule has 0 atom stereocenters. The fourth-order valence-electron chi connectivity index (χ4n) is 2.63. The van der Waals surface area contributed by atoms with Crippen LogP contribution in [-0.2, 0) is 6.54 Å². The molecule has 1 fully saturated rings. The van der Waals surface area contributed by atoms with Gasteiger partial charge in [0.1, 0.15) is 0 Å². The SMILES string of the molecule is Cc1ccc(-c2nnc(CN3CCN(CCO)CC3)o2)cc1. The Morgan fingerprint density at radius 3 is 2.41 bits per heavy atom. The minimum absolute atomic E-state index is 0.226. The Morgan fingerprint density at radius 2 is 1.73 bits per heavy atom. The van der Waals surface area contributed by atoms with Gasteiger partial charge in [0.15, 0.2) is 0 Å². The van der Waals surface area contributed by atoms with Crippen LogP contribution in [0.2, 0.25) is 0 Å². The van der Waals surface area contributed by atoms with Gasteiger partial charge in [0.25, 0.3) is 0 Å². The third kappa shape index (κ3) is 3.71. The number of aryl methyl sites for hydroxylation is 1. The van der Waals surface area contributed by atoms with Gasteiger partial charge in [-0.15, -0.1) is 10.2 Å². The van der Waals surface area contributed by atoms with Crippen molar-refractivity contribution in [3.63, 3.8) is 0 Å². The highest BCUT2D eigenvalue weighted by Gasteiger charge is 2.18. The van der Waals surface area contributed by atoms with Gasteiger partial charge in [-0.25, -0.2) is 0 Å². The molecule has 0 radical (unpaired) electrons. The first-order valence-corrected chi connectivity index (χ1v) is 7.69. The van der Waals surface area contributed by atoms with Gasteiger partial charge in [-0.05, 0) is 19.1 Å². The lowest BCUT2D eigenvalue weighted by molar-refractivity contribution is 0.103. The van der Waals surface area contributed by atoms with E-state index in [-0.39, 0.29) is 6.61 Å². The zero-order valence-corrected chi connectivity index (χ0v) is 12.9. The third-order valence-electron chi connectivity index (χ3n) is 4.01. The monoisotopic (exact) mass is 302 g/mol. The molecule has 1 aromatic carbocycles. The van der Waals surface area contributed by atoms with Crippen LogP contribution in [0, 0.1) is 6.92 Å². The van der Waals surface area contributed by atoms with E-state index < -0.39 is 0 Å². The lowest BCUT2D eigenvalue weighted by atomic mass is 10.1. The summed E-state index contributed by atoms with van der Waals surface area (Å²) in [5, 5.41) is 17.3. The van der Waals surface area contributed by atoms with Gasteiger partial charge >= 0.3 is 0 Å². The van der Waals surface area contributed by atoms with Gasteiger partial charge in [-0.3, -0.25) is 9.80 Å². The van der Waals surface area contributed by atoms with Crippen LogP contribution in [0.4, 0.5) is 0 Å². The lowest BCUT2D eigenvalue weighted by Gasteiger charge is -2.33. The molecule has 1 aromatic heterocycles. The molecule has 3 rings (SSSR count). The molecule has 1 aliphatic rings. The number of benzene rings is 1. The summed E-state index contributed by atoms with van der Waals surface area (Å²) in [6.45, 7) is 7.59. The summed E-state index contributed by atoms with van der Waals surface area (Å²) in [5.74, 6) is 1.24. The van der Waals surface area contributed by atoms with E-state index in [1.165, 1.54) is 5.56 Å². The Balaban J connectivity index is 1.57. The van der Waals surface area contributed by atoms with Gasteiger partial charge in [0, 0.05) is 38.3 Å². The molecule has 22 heavy (non-hydrogen) atoms. The van der Waals surface area contributed by atoms with Gasteiger partial charge < -0.3 is 9.52 Å². The van der Waals surface area contributed by atoms with E-state index in [9.17, 15) is 0 Å². The second-order valence-corrected chi connectivity index (χ2v) is 5.71. The quantitative estimate of drug-likeness (QED) is 0.894. The van der Waals surface area contributed by atoms with E-state index >= 15 is 0 Å². The van der Waals surface area contributed by atoms with Crippen LogP contribution in [0.25, 0.3) is 11.5 Å². The summed E-state index contributed by atoms with van der Waals surface area (Å²) >= 11 is 0. The fraction of sp³-hybridized carbons (Fsp3) is 0.500. The van der Waals surface area contributed by atoms with Gasteiger partial charge in [0.2, 0.25) is 11.8 Å². The number of aliphatic hydroxyl groups is 1. The first kappa shape index (κ1) is 15.1. The van der Waals surface area contributed by atoms with Crippen molar-refractivity contribution in [1.82, 2.24) is 20.0 Å². The molecule has 0 amide bonds. The summed E-state index contributed by atoms with van der Waals surface area (Å²) in [7, 11) is 0. The van der Waals surface area contributed by atoms with Crippen molar-refractivity contribution in [2.45, 2.75) is 13.5 Å². The Kier molecular flexibility index (Phi) is 4.82. The predicted molar refractivity (Wildman–Crippen MR) is 83.3 cm³/mol. The van der Waals surface area contributed by atoms with Crippen molar-refractivity contribution >= 4 is 0 Å². The van der Waals surface area contributed by atoms with Gasteiger partial charge in [-0.2, -0.15) is 0 Å². The van der Waals surface area contributed by atoms with Crippen LogP contribution in [0.15, 0.2) is 28.7 Å². The fourth-order valence-corrected chi connectivity index (χ4v) is 2.63. The molecule has 1 saturated heterocycles. The van der Waals surface area contributed by atoms with Crippen LogP contribution in [0.5, 0.6) is 0 Å². The number of nitrogens with zero attached hydrogens (tertiary/aromatic N) is 4. The highest BCUT2D eigenvalue weighted by atomic mass is 16.4. The van der Waals surface area contributed by atoms with Gasteiger partial charge in [0.05, 0.1) is 13.2 Å². The molecule has 2 aromatic rings. The number of hydrogen-bond acceptors (Lipinski definition) is 6. The van der Waals surface area contributed by atoms with E-state index in [0.717, 1.165) is 38.3 Å². The average molecular weight is 302 g/mol. The lowest BCUT2D eigenvalue weighted by Crippen LogP contribution is -2.46. The number of aliphatic hydroxyl groups excluding tert-OH is 1. The Hall–Kier alpha value is -1.76. The average Bonchev–Trinajstić information content (AvgIpc) is 2.99. The van der Waals surface area contributed by atoms with Gasteiger partial charge in [-0.1, -0.05) is 17.7 Å². The van der Waals surface area contributed by atoms with Crippen LogP contribution < -0.4 is 0 Å². The Morgan fingerprint density at radius 1 is 1.05 bits per heavy atom. The largest absolute Gasteiger partial charge is 0.419 e. The zero-order valence-electron chi connectivity index (χ0n) is 12.9. The van der Waals surface area contributed by atoms with Crippen molar-refractivity contribution in [2.24, 2.45) is 0 Å². The van der Waals surface area contributed by atoms with Crippen molar-refractivity contribution in [1.29, 1.82) is 0 Å². The normalized spacial score (nSPS) is 17.0. The Labute approximate surface area is 130 Å². The maximum Gasteiger partial charge on any atom is 0.247 e. The molecular formula is C16H22N4O2. The van der Waals surface area contributed by atoms with E-state index in [4.69, 9.17) is 9.52 Å². The molecule has 0 aliphatic carbocycles. The number of aromatic nitrogens is 2. The molecule has 1 N–H and O–H groups in total. The van der Waals surface area contributed by atoms with E-state index in [0.29, 0.717) is 18.3 Å². The minimum atomic E-state index is 0.226. The number of hydrogen-bond donors (Lipinski definition) is 1. The van der Waals surface area contributed by atoms with Crippen LogP contribution in [0.3, 0.4) is 0 Å². The molecule has 6 nitrogen and oxygen atoms in total. The second-order valence-electron chi connectivity index (χ2n) is 5.71. The standard InChI is InChI=1S/C16H22N4O2/c1-13-2-4-14(5-3-13)16-18-17-15(22-16)12-20-8-6-19(7-9-20)10-11-21/h2-5,21H,6-12H2,1H3. The molecule has 0 spiro atoms. The summed E-state index contributed by atoms with van der Waals surface area (Å²) in [6.07, 6.45) is 0. The molecule has 6 heteroatoms. The Bertz CT molecular complexity index is 588. The molecule has 1 aliphatic heterocycles. The van der Waals surface area contributed by atoms with Crippen LogP contribution in [0.1, 0.15) is 11.5 Å². The first-order valence-electron chi connectivity index (χ1n) is 7.69. The maximum absolute atomic E-state index is 8.96. The molecule has 0 saturated carbocycles. The number of β-amino-alcohol motifs (C(OH)–C–C–N with tert-alkyl or cyclic N) is 1. The highest BCUT2D eigenvalue weighted by Crippen LogP contribution is 2.19. The summed E-state index contributed by atoms with van der Waals surface area (Å²) in [6, 6.07) is 8.08. The van der Waals surface area contributed by atoms with Crippen molar-refractivity contribution < 1.29 is 9.52 Å². The maximum atomic E-state index is 8.96. The third-order valence-corrected chi connectivity index (χ3v) is 4.01. The first-order chi connectivity index (χ1) is 10.7. The van der Waals surface area contributed by atoms with Crippen molar-refractivity contribution in [3.8, 4) is 11.5 Å². The van der Waals surface area contributed by atoms with Crippen molar-refractivity contribution in [2.75, 3.05) is 39.3 Å². The highest BCUT2D eigenvalue weighted by molar-refractivity contribution is 5.52. The predicted octanol–water partition coefficient (Wildman–Crippen LogP) is 1.15. The summed E-state index contributed by atoms with van der Waals surface area (Å²) in [5.41, 5.74) is 2.17. The second kappa shape index (κ2) is 7.00. The number of rotatable bonds is 5. The molecular weight excluding hydrogens is 280 g/mol. The van der Waals surface area contributed by atoms with Crippen molar-refractivity contribution in [3.05, 3.63) is 35.7 Å². The zero-order chi connectivity index (χ0) is 15.4. The van der Waals surface area contributed by atoms with Crippen LogP contribution >= 0.6 is 0 Å². The number of piperazine rings is 1. The topological polar surface area (TPSA) is 65.6 Å². The van der Waals surface area contributed by atoms with E-state index in [2.05, 4.69) is 26.9 Å². The molecule has 0 unspecified atom stereocenters. The molecule has 118 valence electrons.